The molecular formula is C14H26O. The van der Waals surface area contributed by atoms with Crippen molar-refractivity contribution in [1.82, 2.24) is 0 Å². The van der Waals surface area contributed by atoms with Crippen molar-refractivity contribution in [2.75, 3.05) is 0 Å². The monoisotopic (exact) mass is 210 g/mol. The van der Waals surface area contributed by atoms with Gasteiger partial charge in [-0.25, -0.2) is 0 Å². The first kappa shape index (κ1) is 12.7. The van der Waals surface area contributed by atoms with Crippen molar-refractivity contribution < 1.29 is 4.79 Å². The molecule has 88 valence electrons. The molecule has 1 saturated carbocycles. The number of Topliss-reactive ketones (excluding diaryl/α,β-unsaturated/α-hetero) is 1. The summed E-state index contributed by atoms with van der Waals surface area (Å²) in [5.41, 5.74) is 0. The predicted octanol–water partition coefficient (Wildman–Crippen LogP) is 4.35. The quantitative estimate of drug-likeness (QED) is 0.676. The Labute approximate surface area is 94.6 Å². The number of carbonyl (C=O) groups excluding carboxylic acids is 1. The van der Waals surface area contributed by atoms with Gasteiger partial charge in [0.25, 0.3) is 0 Å². The topological polar surface area (TPSA) is 17.1 Å². The highest BCUT2D eigenvalue weighted by Gasteiger charge is 2.17. The van der Waals surface area contributed by atoms with Gasteiger partial charge in [0.15, 0.2) is 0 Å². The van der Waals surface area contributed by atoms with Crippen LogP contribution in [0.1, 0.15) is 71.6 Å². The molecule has 1 nitrogen and oxygen atoms in total. The summed E-state index contributed by atoms with van der Waals surface area (Å²) in [7, 11) is 0. The van der Waals surface area contributed by atoms with Gasteiger partial charge in [-0.15, -0.1) is 0 Å². The van der Waals surface area contributed by atoms with E-state index in [9.17, 15) is 4.79 Å². The fourth-order valence-electron chi connectivity index (χ4n) is 2.87. The summed E-state index contributed by atoms with van der Waals surface area (Å²) in [6.45, 7) is 4.05. The molecule has 0 amide bonds. The minimum atomic E-state index is 0.380. The Morgan fingerprint density at radius 1 is 1.07 bits per heavy atom. The molecule has 0 aromatic rings. The highest BCUT2D eigenvalue weighted by molar-refractivity contribution is 5.78. The van der Waals surface area contributed by atoms with E-state index < -0.39 is 0 Å². The standard InChI is InChI=1S/C14H26O/c1-3-7-13-8-4-5-10-14(12(2)15)11-6-9-13/h13-14H,3-11H2,1-2H3. The average molecular weight is 210 g/mol. The van der Waals surface area contributed by atoms with E-state index in [1.165, 1.54) is 44.9 Å². The fourth-order valence-corrected chi connectivity index (χ4v) is 2.87. The molecule has 1 rings (SSSR count). The summed E-state index contributed by atoms with van der Waals surface area (Å²) in [6, 6.07) is 0. The van der Waals surface area contributed by atoms with E-state index in [1.54, 1.807) is 6.92 Å². The number of rotatable bonds is 3. The van der Waals surface area contributed by atoms with Crippen LogP contribution in [-0.2, 0) is 4.79 Å². The molecule has 0 saturated heterocycles. The lowest BCUT2D eigenvalue weighted by atomic mass is 9.91. The molecule has 0 aromatic heterocycles. The maximum atomic E-state index is 11.4. The van der Waals surface area contributed by atoms with Gasteiger partial charge in [-0.2, -0.15) is 0 Å². The van der Waals surface area contributed by atoms with E-state index >= 15 is 0 Å². The molecule has 1 fully saturated rings. The van der Waals surface area contributed by atoms with Crippen molar-refractivity contribution in [1.29, 1.82) is 0 Å². The predicted molar refractivity (Wildman–Crippen MR) is 64.9 cm³/mol. The largest absolute Gasteiger partial charge is 0.300 e. The fraction of sp³-hybridized carbons (Fsp3) is 0.929. The molecule has 1 heteroatoms. The Hall–Kier alpha value is -0.330. The first-order valence-electron chi connectivity index (χ1n) is 6.74. The second-order valence-electron chi connectivity index (χ2n) is 5.18. The minimum Gasteiger partial charge on any atom is -0.300 e. The zero-order valence-corrected chi connectivity index (χ0v) is 10.4. The number of hydrogen-bond acceptors (Lipinski definition) is 1. The summed E-state index contributed by atoms with van der Waals surface area (Å²) in [6.07, 6.45) is 11.7. The highest BCUT2D eigenvalue weighted by Crippen LogP contribution is 2.28. The van der Waals surface area contributed by atoms with Gasteiger partial charge in [0.05, 0.1) is 0 Å². The summed E-state index contributed by atoms with van der Waals surface area (Å²) < 4.78 is 0. The highest BCUT2D eigenvalue weighted by atomic mass is 16.1. The van der Waals surface area contributed by atoms with Crippen LogP contribution in [0, 0.1) is 11.8 Å². The van der Waals surface area contributed by atoms with Crippen molar-refractivity contribution in [2.45, 2.75) is 71.6 Å². The lowest BCUT2D eigenvalue weighted by Crippen LogP contribution is -2.10. The molecule has 0 N–H and O–H groups in total. The lowest BCUT2D eigenvalue weighted by Gasteiger charge is -2.14. The van der Waals surface area contributed by atoms with Crippen molar-refractivity contribution in [3.63, 3.8) is 0 Å². The van der Waals surface area contributed by atoms with E-state index in [2.05, 4.69) is 6.92 Å². The van der Waals surface area contributed by atoms with Crippen LogP contribution in [-0.4, -0.2) is 5.78 Å². The van der Waals surface area contributed by atoms with Crippen LogP contribution in [0.4, 0.5) is 0 Å². The normalized spacial score (nSPS) is 28.9. The van der Waals surface area contributed by atoms with Gasteiger partial charge in [-0.05, 0) is 25.7 Å². The molecule has 0 heterocycles. The first-order valence-corrected chi connectivity index (χ1v) is 6.74. The second kappa shape index (κ2) is 7.03. The summed E-state index contributed by atoms with van der Waals surface area (Å²) in [5, 5.41) is 0. The molecule has 0 aromatic carbocycles. The van der Waals surface area contributed by atoms with Crippen molar-refractivity contribution in [3.05, 3.63) is 0 Å². The number of carbonyl (C=O) groups is 1. The van der Waals surface area contributed by atoms with Crippen molar-refractivity contribution >= 4 is 5.78 Å². The van der Waals surface area contributed by atoms with Crippen LogP contribution in [0.2, 0.25) is 0 Å². The first-order chi connectivity index (χ1) is 7.24. The van der Waals surface area contributed by atoms with Crippen LogP contribution in [0.5, 0.6) is 0 Å². The molecule has 15 heavy (non-hydrogen) atoms. The van der Waals surface area contributed by atoms with Crippen molar-refractivity contribution in [2.24, 2.45) is 11.8 Å². The molecule has 2 atom stereocenters. The van der Waals surface area contributed by atoms with Gasteiger partial charge in [0.2, 0.25) is 0 Å². The molecule has 0 bridgehead atoms. The van der Waals surface area contributed by atoms with Gasteiger partial charge in [-0.1, -0.05) is 51.9 Å². The minimum absolute atomic E-state index is 0.380. The Kier molecular flexibility index (Phi) is 5.97. The average Bonchev–Trinajstić information content (AvgIpc) is 2.30. The molecular weight excluding hydrogens is 184 g/mol. The summed E-state index contributed by atoms with van der Waals surface area (Å²) in [5.74, 6) is 1.75. The van der Waals surface area contributed by atoms with Gasteiger partial charge >= 0.3 is 0 Å². The Bertz CT molecular complexity index is 186. The van der Waals surface area contributed by atoms with Crippen LogP contribution < -0.4 is 0 Å². The van der Waals surface area contributed by atoms with Crippen molar-refractivity contribution in [3.8, 4) is 0 Å². The van der Waals surface area contributed by atoms with E-state index in [0.29, 0.717) is 11.7 Å². The zero-order chi connectivity index (χ0) is 11.1. The van der Waals surface area contributed by atoms with Gasteiger partial charge in [0, 0.05) is 5.92 Å². The maximum absolute atomic E-state index is 11.4. The Morgan fingerprint density at radius 3 is 2.33 bits per heavy atom. The van der Waals surface area contributed by atoms with Crippen LogP contribution in [0.25, 0.3) is 0 Å². The molecule has 1 aliphatic carbocycles. The Morgan fingerprint density at radius 2 is 1.67 bits per heavy atom. The summed E-state index contributed by atoms with van der Waals surface area (Å²) in [4.78, 5) is 11.4. The number of ketones is 1. The van der Waals surface area contributed by atoms with Gasteiger partial charge < -0.3 is 0 Å². The van der Waals surface area contributed by atoms with E-state index in [1.807, 2.05) is 0 Å². The molecule has 0 spiro atoms. The lowest BCUT2D eigenvalue weighted by molar-refractivity contribution is -0.121. The summed E-state index contributed by atoms with van der Waals surface area (Å²) >= 11 is 0. The van der Waals surface area contributed by atoms with Crippen LogP contribution >= 0.6 is 0 Å². The van der Waals surface area contributed by atoms with E-state index in [4.69, 9.17) is 0 Å². The Balaban J connectivity index is 2.37. The molecule has 2 unspecified atom stereocenters. The van der Waals surface area contributed by atoms with E-state index in [-0.39, 0.29) is 0 Å². The third-order valence-electron chi connectivity index (χ3n) is 3.85. The smallest absolute Gasteiger partial charge is 0.132 e. The third-order valence-corrected chi connectivity index (χ3v) is 3.85. The SMILES string of the molecule is CCCC1CCCCC(C(C)=O)CCC1. The number of hydrogen-bond donors (Lipinski definition) is 0. The van der Waals surface area contributed by atoms with Crippen LogP contribution in [0.15, 0.2) is 0 Å². The third kappa shape index (κ3) is 4.81. The van der Waals surface area contributed by atoms with Gasteiger partial charge in [0.1, 0.15) is 5.78 Å². The van der Waals surface area contributed by atoms with Crippen LogP contribution in [0.3, 0.4) is 0 Å². The zero-order valence-electron chi connectivity index (χ0n) is 10.4. The molecule has 1 aliphatic rings. The van der Waals surface area contributed by atoms with Gasteiger partial charge in [-0.3, -0.25) is 4.79 Å². The second-order valence-corrected chi connectivity index (χ2v) is 5.18. The molecule has 0 aliphatic heterocycles. The molecule has 0 radical (unpaired) electrons. The maximum Gasteiger partial charge on any atom is 0.132 e. The van der Waals surface area contributed by atoms with E-state index in [0.717, 1.165) is 18.8 Å².